The van der Waals surface area contributed by atoms with Crippen LogP contribution in [0.2, 0.25) is 0 Å². The van der Waals surface area contributed by atoms with Crippen molar-refractivity contribution in [2.45, 2.75) is 6.92 Å². The van der Waals surface area contributed by atoms with E-state index in [0.29, 0.717) is 16.9 Å². The Morgan fingerprint density at radius 2 is 2.00 bits per heavy atom. The van der Waals surface area contributed by atoms with Crippen molar-refractivity contribution in [2.75, 3.05) is 12.8 Å². The molecule has 0 saturated heterocycles. The number of hydrogen-bond acceptors (Lipinski definition) is 4. The van der Waals surface area contributed by atoms with Crippen molar-refractivity contribution in [3.8, 4) is 22.6 Å². The Morgan fingerprint density at radius 1 is 1.24 bits per heavy atom. The van der Waals surface area contributed by atoms with Gasteiger partial charge in [0.25, 0.3) is 5.91 Å². The quantitative estimate of drug-likeness (QED) is 0.714. The molecule has 1 aromatic heterocycles. The molecule has 0 radical (unpaired) electrons. The van der Waals surface area contributed by atoms with Gasteiger partial charge in [0, 0.05) is 11.9 Å². The second kappa shape index (κ2) is 6.27. The Hall–Kier alpha value is -3.35. The average molecular weight is 340 g/mol. The first-order chi connectivity index (χ1) is 11.9. The summed E-state index contributed by atoms with van der Waals surface area (Å²) in [4.78, 5) is 11.4. The van der Waals surface area contributed by atoms with Gasteiger partial charge in [-0.2, -0.15) is 4.39 Å². The Morgan fingerprint density at radius 3 is 2.64 bits per heavy atom. The lowest BCUT2D eigenvalue weighted by Crippen LogP contribution is -2.12. The van der Waals surface area contributed by atoms with E-state index in [1.807, 2.05) is 13.0 Å². The molecule has 0 aliphatic heterocycles. The van der Waals surface area contributed by atoms with Crippen LogP contribution >= 0.6 is 0 Å². The van der Waals surface area contributed by atoms with Crippen LogP contribution < -0.4 is 16.2 Å². The van der Waals surface area contributed by atoms with Crippen LogP contribution in [0.1, 0.15) is 15.9 Å². The molecule has 0 saturated carbocycles. The minimum Gasteiger partial charge on any atom is -0.496 e. The normalized spacial score (nSPS) is 10.7. The van der Waals surface area contributed by atoms with Gasteiger partial charge < -0.3 is 16.2 Å². The van der Waals surface area contributed by atoms with E-state index in [1.54, 1.807) is 30.5 Å². The molecular formula is C18H17FN4O2. The number of aryl methyl sites for hydroxylation is 1. The van der Waals surface area contributed by atoms with Gasteiger partial charge in [0.2, 0.25) is 5.95 Å². The van der Waals surface area contributed by atoms with E-state index in [4.69, 9.17) is 16.2 Å². The number of anilines is 1. The summed E-state index contributed by atoms with van der Waals surface area (Å²) >= 11 is 0. The van der Waals surface area contributed by atoms with Crippen LogP contribution in [0.5, 0.6) is 5.75 Å². The lowest BCUT2D eigenvalue weighted by molar-refractivity contribution is 0.0997. The van der Waals surface area contributed by atoms with Gasteiger partial charge in [0.05, 0.1) is 23.9 Å². The molecule has 0 aliphatic rings. The van der Waals surface area contributed by atoms with Crippen LogP contribution in [0.15, 0.2) is 42.6 Å². The predicted octanol–water partition coefficient (Wildman–Crippen LogP) is 2.68. The first-order valence-electron chi connectivity index (χ1n) is 7.50. The molecule has 3 aromatic rings. The van der Waals surface area contributed by atoms with Crippen molar-refractivity contribution in [1.82, 2.24) is 9.78 Å². The minimum absolute atomic E-state index is 0.227. The highest BCUT2D eigenvalue weighted by molar-refractivity contribution is 5.96. The summed E-state index contributed by atoms with van der Waals surface area (Å²) in [6.45, 7) is 1.89. The van der Waals surface area contributed by atoms with Crippen molar-refractivity contribution in [3.05, 3.63) is 59.7 Å². The summed E-state index contributed by atoms with van der Waals surface area (Å²) in [5.74, 6) is -0.987. The Bertz CT molecular complexity index is 966. The van der Waals surface area contributed by atoms with Crippen molar-refractivity contribution >= 4 is 11.6 Å². The van der Waals surface area contributed by atoms with E-state index < -0.39 is 11.9 Å². The zero-order valence-electron chi connectivity index (χ0n) is 13.8. The van der Waals surface area contributed by atoms with E-state index in [-0.39, 0.29) is 16.9 Å². The molecule has 128 valence electrons. The number of primary amides is 1. The van der Waals surface area contributed by atoms with Crippen LogP contribution in [-0.2, 0) is 0 Å². The molecule has 0 bridgehead atoms. The largest absolute Gasteiger partial charge is 0.496 e. The number of carbonyl (C=O) groups is 1. The number of amides is 1. The molecule has 25 heavy (non-hydrogen) atoms. The molecule has 2 aromatic carbocycles. The van der Waals surface area contributed by atoms with Crippen molar-refractivity contribution in [2.24, 2.45) is 5.73 Å². The van der Waals surface area contributed by atoms with Gasteiger partial charge in [-0.3, -0.25) is 4.79 Å². The fraction of sp³-hybridized carbons (Fsp3) is 0.111. The molecule has 7 heteroatoms. The number of nitrogens with two attached hydrogens (primary N) is 2. The van der Waals surface area contributed by atoms with Crippen LogP contribution in [0, 0.1) is 12.9 Å². The van der Waals surface area contributed by atoms with Crippen molar-refractivity contribution in [1.29, 1.82) is 0 Å². The van der Waals surface area contributed by atoms with Gasteiger partial charge in [0.1, 0.15) is 5.75 Å². The zero-order chi connectivity index (χ0) is 18.1. The Labute approximate surface area is 143 Å². The monoisotopic (exact) mass is 340 g/mol. The number of nitrogen functional groups attached to an aromatic ring is 1. The molecule has 3 rings (SSSR count). The maximum Gasteiger partial charge on any atom is 0.252 e. The summed E-state index contributed by atoms with van der Waals surface area (Å²) < 4.78 is 20.9. The van der Waals surface area contributed by atoms with Gasteiger partial charge in [-0.25, -0.2) is 4.68 Å². The van der Waals surface area contributed by atoms with E-state index in [2.05, 4.69) is 5.10 Å². The molecule has 0 atom stereocenters. The predicted molar refractivity (Wildman–Crippen MR) is 93.2 cm³/mol. The molecule has 1 heterocycles. The second-order valence-electron chi connectivity index (χ2n) is 5.60. The molecule has 0 aliphatic carbocycles. The molecule has 4 N–H and O–H groups in total. The lowest BCUT2D eigenvalue weighted by atomic mass is 10.1. The number of rotatable bonds is 4. The zero-order valence-corrected chi connectivity index (χ0v) is 13.8. The van der Waals surface area contributed by atoms with Crippen LogP contribution in [0.25, 0.3) is 16.8 Å². The number of nitrogens with zero attached hydrogens (tertiary/aromatic N) is 2. The van der Waals surface area contributed by atoms with Gasteiger partial charge in [-0.1, -0.05) is 12.1 Å². The molecule has 0 unspecified atom stereocenters. The Balaban J connectivity index is 2.06. The smallest absolute Gasteiger partial charge is 0.252 e. The number of aromatic nitrogens is 2. The van der Waals surface area contributed by atoms with E-state index in [0.717, 1.165) is 5.56 Å². The summed E-state index contributed by atoms with van der Waals surface area (Å²) in [7, 11) is 1.42. The summed E-state index contributed by atoms with van der Waals surface area (Å²) in [6, 6.07) is 10.0. The third-order valence-corrected chi connectivity index (χ3v) is 3.97. The number of ether oxygens (including phenoxy) is 1. The molecular weight excluding hydrogens is 323 g/mol. The average Bonchev–Trinajstić information content (AvgIpc) is 2.98. The second-order valence-corrected chi connectivity index (χ2v) is 5.60. The number of hydrogen-bond donors (Lipinski definition) is 2. The fourth-order valence-corrected chi connectivity index (χ4v) is 2.51. The van der Waals surface area contributed by atoms with E-state index in [1.165, 1.54) is 17.9 Å². The molecule has 6 nitrogen and oxygen atoms in total. The summed E-state index contributed by atoms with van der Waals surface area (Å²) in [5.41, 5.74) is 14.4. The highest BCUT2D eigenvalue weighted by Crippen LogP contribution is 2.29. The van der Waals surface area contributed by atoms with Gasteiger partial charge in [-0.15, -0.1) is 5.10 Å². The van der Waals surface area contributed by atoms with E-state index >= 15 is 0 Å². The first kappa shape index (κ1) is 16.5. The number of halogens is 1. The number of methoxy groups -OCH3 is 1. The SMILES string of the molecule is COc1cc(-c2cn(-c3ccc(C)c(N)c3)nc2F)ccc1C(N)=O. The van der Waals surface area contributed by atoms with E-state index in [9.17, 15) is 9.18 Å². The van der Waals surface area contributed by atoms with Crippen molar-refractivity contribution < 1.29 is 13.9 Å². The first-order valence-corrected chi connectivity index (χ1v) is 7.50. The number of benzene rings is 2. The van der Waals surface area contributed by atoms with Crippen LogP contribution in [-0.4, -0.2) is 22.8 Å². The van der Waals surface area contributed by atoms with Crippen LogP contribution in [0.4, 0.5) is 10.1 Å². The fourth-order valence-electron chi connectivity index (χ4n) is 2.51. The topological polar surface area (TPSA) is 96.2 Å². The third kappa shape index (κ3) is 3.03. The molecule has 0 fully saturated rings. The third-order valence-electron chi connectivity index (χ3n) is 3.97. The van der Waals surface area contributed by atoms with Gasteiger partial charge in [0.15, 0.2) is 0 Å². The van der Waals surface area contributed by atoms with Crippen molar-refractivity contribution in [3.63, 3.8) is 0 Å². The molecule has 0 spiro atoms. The minimum atomic E-state index is -0.645. The van der Waals surface area contributed by atoms with Gasteiger partial charge >= 0.3 is 0 Å². The highest BCUT2D eigenvalue weighted by atomic mass is 19.1. The summed E-state index contributed by atoms with van der Waals surface area (Å²) in [6.07, 6.45) is 1.55. The van der Waals surface area contributed by atoms with Gasteiger partial charge in [-0.05, 0) is 42.3 Å². The standard InChI is InChI=1S/C18H17FN4O2/c1-10-3-5-12(8-15(10)20)23-9-14(17(19)22-23)11-4-6-13(18(21)24)16(7-11)25-2/h3-9H,20H2,1-2H3,(H2,21,24). The highest BCUT2D eigenvalue weighted by Gasteiger charge is 2.16. The van der Waals surface area contributed by atoms with Crippen LogP contribution in [0.3, 0.4) is 0 Å². The number of carbonyl (C=O) groups excluding carboxylic acids is 1. The Kier molecular flexibility index (Phi) is 4.14. The maximum absolute atomic E-state index is 14.4. The molecule has 1 amide bonds. The summed E-state index contributed by atoms with van der Waals surface area (Å²) in [5, 5.41) is 3.90. The maximum atomic E-state index is 14.4. The lowest BCUT2D eigenvalue weighted by Gasteiger charge is -2.07.